The predicted octanol–water partition coefficient (Wildman–Crippen LogP) is 1.96. The number of rotatable bonds is 9. The Morgan fingerprint density at radius 3 is 2.00 bits per heavy atom. The lowest BCUT2D eigenvalue weighted by Crippen LogP contribution is -2.62. The molecular weight excluding hydrogens is 486 g/mol. The Balaban J connectivity index is 1.81. The van der Waals surface area contributed by atoms with E-state index in [1.165, 1.54) is 0 Å². The Kier molecular flexibility index (Phi) is 7.99. The number of fused-ring (bicyclic) bond motifs is 1. The van der Waals surface area contributed by atoms with Gasteiger partial charge in [-0.3, -0.25) is 19.2 Å². The fourth-order valence-electron chi connectivity index (χ4n) is 5.56. The second-order valence-corrected chi connectivity index (χ2v) is 14.4. The molecule has 1 aliphatic heterocycles. The Morgan fingerprint density at radius 2 is 1.53 bits per heavy atom. The van der Waals surface area contributed by atoms with Crippen LogP contribution in [0, 0.1) is 34.0 Å². The first kappa shape index (κ1) is 29.9. The van der Waals surface area contributed by atoms with Gasteiger partial charge in [-0.05, 0) is 47.3 Å². The van der Waals surface area contributed by atoms with Crippen molar-refractivity contribution in [2.45, 2.75) is 106 Å². The van der Waals surface area contributed by atoms with Gasteiger partial charge in [-0.15, -0.1) is 0 Å². The first-order valence-electron chi connectivity index (χ1n) is 13.8. The van der Waals surface area contributed by atoms with Gasteiger partial charge >= 0.3 is 6.03 Å². The highest BCUT2D eigenvalue weighted by Gasteiger charge is 2.70. The molecule has 0 aromatic carbocycles. The molecule has 1 unspecified atom stereocenters. The van der Waals surface area contributed by atoms with Crippen LogP contribution in [0.1, 0.15) is 81.6 Å². The molecular formula is C28H47N5O5. The molecule has 1 saturated heterocycles. The molecule has 3 aliphatic rings. The molecule has 1 heterocycles. The maximum Gasteiger partial charge on any atom is 0.315 e. The summed E-state index contributed by atoms with van der Waals surface area (Å²) >= 11 is 0. The lowest BCUT2D eigenvalue weighted by Gasteiger charge is -2.38. The molecule has 5 N–H and O–H groups in total. The van der Waals surface area contributed by atoms with E-state index in [-0.39, 0.29) is 40.5 Å². The van der Waals surface area contributed by atoms with Crippen molar-refractivity contribution >= 4 is 29.5 Å². The largest absolute Gasteiger partial charge is 0.363 e. The summed E-state index contributed by atoms with van der Waals surface area (Å²) in [5.41, 5.74) is 4.34. The van der Waals surface area contributed by atoms with Crippen molar-refractivity contribution in [3.63, 3.8) is 0 Å². The number of hydrogen-bond donors (Lipinski definition) is 4. The minimum absolute atomic E-state index is 0.0768. The molecule has 0 aromatic heterocycles. The summed E-state index contributed by atoms with van der Waals surface area (Å²) in [5.74, 6) is -2.34. The molecule has 10 nitrogen and oxygen atoms in total. The maximum atomic E-state index is 14.0. The number of Topliss-reactive ketones (excluding diaryl/α,β-unsaturated/α-hetero) is 1. The fraction of sp³-hybridized carbons (Fsp3) is 0.821. The summed E-state index contributed by atoms with van der Waals surface area (Å²) in [6.07, 6.45) is 2.25. The van der Waals surface area contributed by atoms with E-state index in [9.17, 15) is 24.0 Å². The average molecular weight is 534 g/mol. The van der Waals surface area contributed by atoms with Gasteiger partial charge in [0, 0.05) is 12.6 Å². The predicted molar refractivity (Wildman–Crippen MR) is 144 cm³/mol. The standard InChI is InChI=1S/C28H47N5O5/c1-14(26(2,3)4)30-25(38)32-21(27(5,6)7)24(37)33-13-16-18(28(16,8)9)19(33)23(36)31-17(12-15-10-11-15)20(34)22(29)35/h14-19,21H,10-13H2,1-9H3,(H2,29,35)(H,31,36)(H2,30,32,38)/t14-,16+,17?,18+,19+,21-/m1/s1. The number of ketones is 1. The third kappa shape index (κ3) is 6.31. The second kappa shape index (κ2) is 10.2. The minimum Gasteiger partial charge on any atom is -0.363 e. The number of primary amides is 1. The van der Waals surface area contributed by atoms with Gasteiger partial charge in [0.15, 0.2) is 0 Å². The van der Waals surface area contributed by atoms with Crippen LogP contribution in [0.3, 0.4) is 0 Å². The van der Waals surface area contributed by atoms with Gasteiger partial charge in [0.2, 0.25) is 17.6 Å². The monoisotopic (exact) mass is 533 g/mol. The van der Waals surface area contributed by atoms with Crippen molar-refractivity contribution in [3.8, 4) is 0 Å². The average Bonchev–Trinajstić information content (AvgIpc) is 3.61. The number of carbonyl (C=O) groups is 5. The number of hydrogen-bond acceptors (Lipinski definition) is 5. The zero-order chi connectivity index (χ0) is 29.0. The van der Waals surface area contributed by atoms with Gasteiger partial charge in [-0.2, -0.15) is 0 Å². The number of urea groups is 1. The summed E-state index contributed by atoms with van der Waals surface area (Å²) in [7, 11) is 0. The lowest BCUT2D eigenvalue weighted by molar-refractivity contribution is -0.145. The zero-order valence-corrected chi connectivity index (χ0v) is 24.4. The Morgan fingerprint density at radius 1 is 0.947 bits per heavy atom. The van der Waals surface area contributed by atoms with Crippen LogP contribution in [0.2, 0.25) is 0 Å². The highest BCUT2D eigenvalue weighted by Crippen LogP contribution is 2.65. The van der Waals surface area contributed by atoms with Crippen LogP contribution in [0.25, 0.3) is 0 Å². The number of nitrogens with two attached hydrogens (primary N) is 1. The molecule has 5 amide bonds. The van der Waals surface area contributed by atoms with Crippen LogP contribution in [0.4, 0.5) is 4.79 Å². The number of carbonyl (C=O) groups excluding carboxylic acids is 5. The molecule has 0 radical (unpaired) electrons. The Labute approximate surface area is 226 Å². The summed E-state index contributed by atoms with van der Waals surface area (Å²) in [6, 6.07) is -3.24. The summed E-state index contributed by atoms with van der Waals surface area (Å²) in [6.45, 7) is 18.1. The van der Waals surface area contributed by atoms with Crippen molar-refractivity contribution in [1.82, 2.24) is 20.9 Å². The number of nitrogens with one attached hydrogen (secondary N) is 3. The van der Waals surface area contributed by atoms with Crippen LogP contribution < -0.4 is 21.7 Å². The van der Waals surface area contributed by atoms with Crippen molar-refractivity contribution < 1.29 is 24.0 Å². The molecule has 0 spiro atoms. The van der Waals surface area contributed by atoms with Crippen LogP contribution in [0.15, 0.2) is 0 Å². The summed E-state index contributed by atoms with van der Waals surface area (Å²) in [4.78, 5) is 66.2. The smallest absolute Gasteiger partial charge is 0.315 e. The highest BCUT2D eigenvalue weighted by atomic mass is 16.2. The normalized spacial score (nSPS) is 26.4. The van der Waals surface area contributed by atoms with Gasteiger partial charge in [-0.1, -0.05) is 68.2 Å². The van der Waals surface area contributed by atoms with Crippen molar-refractivity contribution in [2.24, 2.45) is 39.7 Å². The van der Waals surface area contributed by atoms with Gasteiger partial charge in [0.25, 0.3) is 5.91 Å². The molecule has 6 atom stereocenters. The van der Waals surface area contributed by atoms with Crippen molar-refractivity contribution in [3.05, 3.63) is 0 Å². The van der Waals surface area contributed by atoms with Crippen molar-refractivity contribution in [2.75, 3.05) is 6.54 Å². The zero-order valence-electron chi connectivity index (χ0n) is 24.4. The number of likely N-dealkylation sites (tertiary alicyclic amines) is 1. The summed E-state index contributed by atoms with van der Waals surface area (Å²) < 4.78 is 0. The topological polar surface area (TPSA) is 151 Å². The van der Waals surface area contributed by atoms with Gasteiger partial charge in [-0.25, -0.2) is 4.79 Å². The van der Waals surface area contributed by atoms with E-state index in [0.29, 0.717) is 13.0 Å². The molecule has 10 heteroatoms. The van der Waals surface area contributed by atoms with Crippen LogP contribution in [-0.2, 0) is 19.2 Å². The van der Waals surface area contributed by atoms with Gasteiger partial charge in [0.05, 0.1) is 6.04 Å². The first-order chi connectivity index (χ1) is 17.3. The molecule has 2 aliphatic carbocycles. The highest BCUT2D eigenvalue weighted by molar-refractivity contribution is 6.37. The third-order valence-electron chi connectivity index (χ3n) is 8.94. The molecule has 0 bridgehead atoms. The van der Waals surface area contributed by atoms with Crippen LogP contribution >= 0.6 is 0 Å². The fourth-order valence-corrected chi connectivity index (χ4v) is 5.56. The molecule has 3 fully saturated rings. The van der Waals surface area contributed by atoms with Crippen molar-refractivity contribution in [1.29, 1.82) is 0 Å². The van der Waals surface area contributed by atoms with Gasteiger partial charge < -0.3 is 26.6 Å². The van der Waals surface area contributed by atoms with E-state index < -0.39 is 47.2 Å². The van der Waals surface area contributed by atoms with E-state index in [1.807, 2.05) is 48.5 Å². The van der Waals surface area contributed by atoms with E-state index in [0.717, 1.165) is 12.8 Å². The van der Waals surface area contributed by atoms with E-state index in [1.54, 1.807) is 4.90 Å². The number of nitrogens with zero attached hydrogens (tertiary/aromatic N) is 1. The minimum atomic E-state index is -1.08. The van der Waals surface area contributed by atoms with E-state index >= 15 is 0 Å². The first-order valence-corrected chi connectivity index (χ1v) is 13.8. The van der Waals surface area contributed by atoms with Gasteiger partial charge in [0.1, 0.15) is 12.1 Å². The molecule has 2 saturated carbocycles. The molecule has 214 valence electrons. The quantitative estimate of drug-likeness (QED) is 0.334. The Hall–Kier alpha value is -2.65. The molecule has 38 heavy (non-hydrogen) atoms. The van der Waals surface area contributed by atoms with Crippen LogP contribution in [0.5, 0.6) is 0 Å². The van der Waals surface area contributed by atoms with E-state index in [2.05, 4.69) is 29.8 Å². The van der Waals surface area contributed by atoms with E-state index in [4.69, 9.17) is 5.73 Å². The molecule has 3 rings (SSSR count). The lowest BCUT2D eigenvalue weighted by atomic mass is 9.85. The third-order valence-corrected chi connectivity index (χ3v) is 8.94. The maximum absolute atomic E-state index is 14.0. The molecule has 0 aromatic rings. The number of amides is 5. The number of piperidine rings is 1. The SMILES string of the molecule is C[C@@H](NC(=O)N[C@H](C(=O)N1C[C@H]2[C@@H]([C@H]1C(=O)NC(CC1CC1)C(=O)C(N)=O)C2(C)C)C(C)(C)C)C(C)(C)C. The Bertz CT molecular complexity index is 991. The van der Waals surface area contributed by atoms with Crippen LogP contribution in [-0.4, -0.2) is 65.1 Å². The summed E-state index contributed by atoms with van der Waals surface area (Å²) in [5, 5.41) is 8.56. The second-order valence-electron chi connectivity index (χ2n) is 14.4.